The average molecular weight is 475 g/mol. The summed E-state index contributed by atoms with van der Waals surface area (Å²) in [5.74, 6) is -0.187. The van der Waals surface area contributed by atoms with Gasteiger partial charge in [0, 0.05) is 53.8 Å². The van der Waals surface area contributed by atoms with E-state index >= 15 is 0 Å². The van der Waals surface area contributed by atoms with E-state index in [2.05, 4.69) is 0 Å². The van der Waals surface area contributed by atoms with Gasteiger partial charge >= 0.3 is 0 Å². The Morgan fingerprint density at radius 2 is 0.667 bits per heavy atom. The minimum atomic E-state index is -0.125. The summed E-state index contributed by atoms with van der Waals surface area (Å²) < 4.78 is 0. The molecule has 8 nitrogen and oxygen atoms in total. The molecule has 139 valence electrons. The Labute approximate surface area is 170 Å². The number of ketones is 3. The summed E-state index contributed by atoms with van der Waals surface area (Å²) in [6.07, 6.45) is 3.50. The van der Waals surface area contributed by atoms with E-state index in [1.165, 1.54) is 59.8 Å². The first-order valence-electron chi connectivity index (χ1n) is 6.02. The number of hydrogen-bond acceptors (Lipinski definition) is 6. The molecule has 0 heterocycles. The van der Waals surface area contributed by atoms with Crippen molar-refractivity contribution in [1.29, 1.82) is 0 Å². The largest absolute Gasteiger partial charge is 0.512 e. The van der Waals surface area contributed by atoms with Crippen molar-refractivity contribution in [2.75, 3.05) is 0 Å². The van der Waals surface area contributed by atoms with E-state index in [-0.39, 0.29) is 81.2 Å². The topological polar surface area (TPSA) is 175 Å². The molecule has 0 rings (SSSR count). The van der Waals surface area contributed by atoms with Crippen LogP contribution in [0.2, 0.25) is 0 Å². The van der Waals surface area contributed by atoms with Gasteiger partial charge in [-0.2, -0.15) is 0 Å². The first kappa shape index (κ1) is 38.4. The van der Waals surface area contributed by atoms with E-state index in [0.717, 1.165) is 0 Å². The maximum absolute atomic E-state index is 10.0. The van der Waals surface area contributed by atoms with Crippen molar-refractivity contribution in [3.63, 3.8) is 0 Å². The van der Waals surface area contributed by atoms with Crippen LogP contribution < -0.4 is 0 Å². The van der Waals surface area contributed by atoms with Gasteiger partial charge in [0.15, 0.2) is 17.3 Å². The number of rotatable bonds is 3. The van der Waals surface area contributed by atoms with Crippen LogP contribution in [0.3, 0.4) is 0 Å². The van der Waals surface area contributed by atoms with Crippen LogP contribution in [0.4, 0.5) is 0 Å². The monoisotopic (exact) mass is 475 g/mol. The summed E-state index contributed by atoms with van der Waals surface area (Å²) in [5, 5.41) is 25.1. The van der Waals surface area contributed by atoms with Gasteiger partial charge < -0.3 is 26.3 Å². The van der Waals surface area contributed by atoms with Crippen LogP contribution in [0.5, 0.6) is 0 Å². The Morgan fingerprint density at radius 1 is 0.542 bits per heavy atom. The van der Waals surface area contributed by atoms with Crippen molar-refractivity contribution in [3.05, 3.63) is 35.5 Å². The molecule has 0 aromatic rings. The van der Waals surface area contributed by atoms with E-state index in [0.29, 0.717) is 0 Å². The molecule has 0 atom stereocenters. The summed E-state index contributed by atoms with van der Waals surface area (Å²) in [6, 6.07) is 0. The van der Waals surface area contributed by atoms with Gasteiger partial charge in [0.25, 0.3) is 0 Å². The number of carbonyl (C=O) groups is 3. The molecule has 0 fully saturated rings. The fourth-order valence-corrected chi connectivity index (χ4v) is 0.882. The van der Waals surface area contributed by atoms with Gasteiger partial charge in [0.1, 0.15) is 0 Å². The summed E-state index contributed by atoms with van der Waals surface area (Å²) in [6.45, 7) is 8.54. The van der Waals surface area contributed by atoms with Gasteiger partial charge in [-0.15, -0.1) is 0 Å². The minimum absolute atomic E-state index is 0. The fourth-order valence-electron chi connectivity index (χ4n) is 0.882. The molecule has 0 aromatic carbocycles. The number of aliphatic hydroxyl groups excluding tert-OH is 3. The minimum Gasteiger partial charge on any atom is -0.512 e. The predicted molar refractivity (Wildman–Crippen MR) is 88.4 cm³/mol. The zero-order valence-corrected chi connectivity index (χ0v) is 18.5. The van der Waals surface area contributed by atoms with Crippen LogP contribution in [0.25, 0.3) is 0 Å². The van der Waals surface area contributed by atoms with Gasteiger partial charge in [-0.25, -0.2) is 0 Å². The molecule has 1 radical (unpaired) electrons. The SMILES string of the molecule is CC(=O)C=C(C)O.CC(=O)C=C(C)O.CC(=O)C=C(C)O.O.O.[La]. The van der Waals surface area contributed by atoms with E-state index in [9.17, 15) is 14.4 Å². The zero-order valence-electron chi connectivity index (χ0n) is 14.9. The average Bonchev–Trinajstić information content (AvgIpc) is 2.10. The smallest absolute Gasteiger partial charge is 0.155 e. The normalized spacial score (nSPS) is 10.0. The standard InChI is InChI=1S/3C5H8O2.La.2H2O/c3*1-4(6)3-5(2)7;;;/h3*3,6H,1-2H3;;2*1H2. The van der Waals surface area contributed by atoms with Crippen molar-refractivity contribution in [1.82, 2.24) is 0 Å². The van der Waals surface area contributed by atoms with Gasteiger partial charge in [-0.05, 0) is 41.5 Å². The Kier molecular flexibility index (Phi) is 38.4. The second-order valence-corrected chi connectivity index (χ2v) is 4.19. The molecule has 0 aliphatic heterocycles. The Balaban J connectivity index is -0.0000000476. The molecule has 0 unspecified atom stereocenters. The van der Waals surface area contributed by atoms with Crippen molar-refractivity contribution in [2.24, 2.45) is 0 Å². The first-order valence-corrected chi connectivity index (χ1v) is 6.02. The second-order valence-electron chi connectivity index (χ2n) is 4.19. The number of hydrogen-bond donors (Lipinski definition) is 3. The Morgan fingerprint density at radius 3 is 0.667 bits per heavy atom. The molecule has 0 bridgehead atoms. The summed E-state index contributed by atoms with van der Waals surface area (Å²) >= 11 is 0. The molecule has 0 aliphatic carbocycles. The van der Waals surface area contributed by atoms with Gasteiger partial charge in [-0.3, -0.25) is 14.4 Å². The fraction of sp³-hybridized carbons (Fsp3) is 0.400. The molecule has 24 heavy (non-hydrogen) atoms. The molecular weight excluding hydrogens is 447 g/mol. The van der Waals surface area contributed by atoms with Crippen molar-refractivity contribution in [3.8, 4) is 0 Å². The van der Waals surface area contributed by atoms with E-state index < -0.39 is 0 Å². The number of carbonyl (C=O) groups excluding carboxylic acids is 3. The number of aliphatic hydroxyl groups is 3. The summed E-state index contributed by atoms with van der Waals surface area (Å²) in [4.78, 5) is 30.1. The van der Waals surface area contributed by atoms with E-state index in [4.69, 9.17) is 15.3 Å². The number of allylic oxidation sites excluding steroid dienone is 6. The zero-order chi connectivity index (χ0) is 17.6. The van der Waals surface area contributed by atoms with Crippen molar-refractivity contribution >= 4 is 17.3 Å². The van der Waals surface area contributed by atoms with Gasteiger partial charge in [0.2, 0.25) is 0 Å². The van der Waals surface area contributed by atoms with Crippen LogP contribution >= 0.6 is 0 Å². The van der Waals surface area contributed by atoms with Crippen molar-refractivity contribution < 1.29 is 76.3 Å². The van der Waals surface area contributed by atoms with E-state index in [1.807, 2.05) is 0 Å². The predicted octanol–water partition coefficient (Wildman–Crippen LogP) is 1.46. The third-order valence-electron chi connectivity index (χ3n) is 1.24. The van der Waals surface area contributed by atoms with E-state index in [1.54, 1.807) is 0 Å². The Hall–Kier alpha value is -1.26. The third-order valence-corrected chi connectivity index (χ3v) is 1.24. The molecule has 9 heteroatoms. The van der Waals surface area contributed by atoms with Crippen LogP contribution in [-0.4, -0.2) is 43.6 Å². The molecule has 0 aliphatic rings. The van der Waals surface area contributed by atoms with Crippen LogP contribution in [0.1, 0.15) is 41.5 Å². The third kappa shape index (κ3) is 70.1. The molecule has 0 aromatic heterocycles. The first-order chi connectivity index (χ1) is 9.38. The second kappa shape index (κ2) is 24.0. The van der Waals surface area contributed by atoms with Gasteiger partial charge in [0.05, 0.1) is 17.3 Å². The summed E-state index contributed by atoms with van der Waals surface area (Å²) in [5.41, 5.74) is 0. The quantitative estimate of drug-likeness (QED) is 0.411. The van der Waals surface area contributed by atoms with Crippen LogP contribution in [0, 0.1) is 35.6 Å². The Bertz CT molecular complexity index is 372. The molecule has 0 spiro atoms. The molecular formula is C15H28LaO8. The maximum atomic E-state index is 10.0. The molecule has 0 saturated heterocycles. The maximum Gasteiger partial charge on any atom is 0.155 e. The summed E-state index contributed by atoms with van der Waals surface area (Å²) in [7, 11) is 0. The molecule has 7 N–H and O–H groups in total. The molecule has 0 saturated carbocycles. The molecule has 0 amide bonds. The van der Waals surface area contributed by atoms with Crippen LogP contribution in [0.15, 0.2) is 35.5 Å². The van der Waals surface area contributed by atoms with Crippen molar-refractivity contribution in [2.45, 2.75) is 41.5 Å². The van der Waals surface area contributed by atoms with Gasteiger partial charge in [-0.1, -0.05) is 0 Å². The van der Waals surface area contributed by atoms with Crippen LogP contribution in [-0.2, 0) is 14.4 Å².